The number of benzene rings is 1. The highest BCUT2D eigenvalue weighted by Crippen LogP contribution is 2.32. The first-order chi connectivity index (χ1) is 10.0. The predicted octanol–water partition coefficient (Wildman–Crippen LogP) is 2.97. The standard InChI is InChI=1S/C18H27N3/c1-15(2)20-18(14-19)11-9-17(13-18)21(3)12-10-16-7-5-4-6-8-16/h4-8,15,17,20H,9-13H2,1-3H3. The van der Waals surface area contributed by atoms with E-state index in [1.54, 1.807) is 0 Å². The van der Waals surface area contributed by atoms with Gasteiger partial charge in [-0.25, -0.2) is 0 Å². The van der Waals surface area contributed by atoms with Crippen molar-refractivity contribution in [3.8, 4) is 6.07 Å². The Bertz CT molecular complexity index is 477. The van der Waals surface area contributed by atoms with Gasteiger partial charge in [0.25, 0.3) is 0 Å². The summed E-state index contributed by atoms with van der Waals surface area (Å²) >= 11 is 0. The fraction of sp³-hybridized carbons (Fsp3) is 0.611. The first kappa shape index (κ1) is 16.0. The number of hydrogen-bond donors (Lipinski definition) is 1. The van der Waals surface area contributed by atoms with E-state index >= 15 is 0 Å². The molecule has 21 heavy (non-hydrogen) atoms. The SMILES string of the molecule is CC(C)NC1(C#N)CCC(N(C)CCc2ccccc2)C1. The van der Waals surface area contributed by atoms with Gasteiger partial charge in [0, 0.05) is 18.6 Å². The van der Waals surface area contributed by atoms with Gasteiger partial charge in [-0.15, -0.1) is 0 Å². The Morgan fingerprint density at radius 1 is 1.38 bits per heavy atom. The van der Waals surface area contributed by atoms with Crippen LogP contribution in [-0.2, 0) is 6.42 Å². The number of nitrogens with zero attached hydrogens (tertiary/aromatic N) is 2. The zero-order valence-corrected chi connectivity index (χ0v) is 13.5. The molecule has 0 saturated heterocycles. The Labute approximate surface area is 129 Å². The molecule has 0 aromatic heterocycles. The largest absolute Gasteiger partial charge is 0.303 e. The molecule has 2 atom stereocenters. The third kappa shape index (κ3) is 4.30. The Balaban J connectivity index is 1.87. The molecule has 1 aromatic carbocycles. The summed E-state index contributed by atoms with van der Waals surface area (Å²) < 4.78 is 0. The average molecular weight is 285 g/mol. The van der Waals surface area contributed by atoms with E-state index < -0.39 is 0 Å². The lowest BCUT2D eigenvalue weighted by Gasteiger charge is -2.28. The van der Waals surface area contributed by atoms with Gasteiger partial charge in [0.05, 0.1) is 6.07 Å². The van der Waals surface area contributed by atoms with Crippen LogP contribution < -0.4 is 5.32 Å². The van der Waals surface area contributed by atoms with E-state index in [9.17, 15) is 5.26 Å². The lowest BCUT2D eigenvalue weighted by atomic mass is 9.98. The van der Waals surface area contributed by atoms with E-state index in [1.165, 1.54) is 5.56 Å². The minimum Gasteiger partial charge on any atom is -0.303 e. The maximum absolute atomic E-state index is 9.54. The molecule has 1 saturated carbocycles. The first-order valence-corrected chi connectivity index (χ1v) is 7.98. The summed E-state index contributed by atoms with van der Waals surface area (Å²) in [6, 6.07) is 14.0. The van der Waals surface area contributed by atoms with E-state index in [0.717, 1.165) is 32.2 Å². The van der Waals surface area contributed by atoms with Crippen molar-refractivity contribution in [1.82, 2.24) is 10.2 Å². The number of likely N-dealkylation sites (N-methyl/N-ethyl adjacent to an activating group) is 1. The summed E-state index contributed by atoms with van der Waals surface area (Å²) in [4.78, 5) is 2.42. The van der Waals surface area contributed by atoms with Gasteiger partial charge in [0.2, 0.25) is 0 Å². The molecule has 0 amide bonds. The molecule has 0 bridgehead atoms. The zero-order chi connectivity index (χ0) is 15.3. The van der Waals surface area contributed by atoms with Gasteiger partial charge in [-0.3, -0.25) is 5.32 Å². The van der Waals surface area contributed by atoms with E-state index in [4.69, 9.17) is 0 Å². The molecule has 2 rings (SSSR count). The van der Waals surface area contributed by atoms with E-state index in [0.29, 0.717) is 12.1 Å². The van der Waals surface area contributed by atoms with Crippen LogP contribution in [-0.4, -0.2) is 36.1 Å². The van der Waals surface area contributed by atoms with Gasteiger partial charge in [-0.05, 0) is 52.1 Å². The molecule has 1 aliphatic rings. The van der Waals surface area contributed by atoms with Crippen molar-refractivity contribution in [1.29, 1.82) is 5.26 Å². The topological polar surface area (TPSA) is 39.1 Å². The van der Waals surface area contributed by atoms with Gasteiger partial charge in [-0.1, -0.05) is 30.3 Å². The molecule has 3 nitrogen and oxygen atoms in total. The third-order valence-electron chi connectivity index (χ3n) is 4.49. The molecule has 3 heteroatoms. The maximum Gasteiger partial charge on any atom is 0.108 e. The summed E-state index contributed by atoms with van der Waals surface area (Å²) in [5.41, 5.74) is 1.06. The summed E-state index contributed by atoms with van der Waals surface area (Å²) in [5.74, 6) is 0. The van der Waals surface area contributed by atoms with E-state index in [1.807, 2.05) is 0 Å². The molecule has 0 aliphatic heterocycles. The Kier molecular flexibility index (Phi) is 5.39. The van der Waals surface area contributed by atoms with Crippen molar-refractivity contribution in [3.63, 3.8) is 0 Å². The summed E-state index contributed by atoms with van der Waals surface area (Å²) in [6.45, 7) is 5.29. The summed E-state index contributed by atoms with van der Waals surface area (Å²) in [6.07, 6.45) is 4.08. The number of nitriles is 1. The van der Waals surface area contributed by atoms with Crippen molar-refractivity contribution < 1.29 is 0 Å². The second-order valence-electron chi connectivity index (χ2n) is 6.61. The van der Waals surface area contributed by atoms with E-state index in [-0.39, 0.29) is 5.54 Å². The van der Waals surface area contributed by atoms with Gasteiger partial charge in [0.1, 0.15) is 5.54 Å². The van der Waals surface area contributed by atoms with Crippen LogP contribution in [0.25, 0.3) is 0 Å². The summed E-state index contributed by atoms with van der Waals surface area (Å²) in [5, 5.41) is 13.0. The van der Waals surface area contributed by atoms with Crippen molar-refractivity contribution in [2.75, 3.05) is 13.6 Å². The van der Waals surface area contributed by atoms with Crippen LogP contribution in [0.3, 0.4) is 0 Å². The predicted molar refractivity (Wildman–Crippen MR) is 87.0 cm³/mol. The van der Waals surface area contributed by atoms with Gasteiger partial charge in [-0.2, -0.15) is 5.26 Å². The molecule has 1 fully saturated rings. The average Bonchev–Trinajstić information content (AvgIpc) is 2.90. The third-order valence-corrected chi connectivity index (χ3v) is 4.49. The molecule has 0 radical (unpaired) electrons. The Morgan fingerprint density at radius 3 is 2.71 bits per heavy atom. The second kappa shape index (κ2) is 7.06. The molecule has 0 spiro atoms. The lowest BCUT2D eigenvalue weighted by Crippen LogP contribution is -2.47. The molecule has 1 aromatic rings. The van der Waals surface area contributed by atoms with Crippen LogP contribution in [0.2, 0.25) is 0 Å². The highest BCUT2D eigenvalue weighted by Gasteiger charge is 2.40. The normalized spacial score (nSPS) is 25.4. The molecule has 114 valence electrons. The lowest BCUT2D eigenvalue weighted by molar-refractivity contribution is 0.236. The molecule has 0 heterocycles. The smallest absolute Gasteiger partial charge is 0.108 e. The fourth-order valence-corrected chi connectivity index (χ4v) is 3.35. The van der Waals surface area contributed by atoms with Gasteiger partial charge < -0.3 is 4.90 Å². The quantitative estimate of drug-likeness (QED) is 0.873. The summed E-state index contributed by atoms with van der Waals surface area (Å²) in [7, 11) is 2.19. The van der Waals surface area contributed by atoms with Crippen LogP contribution in [0, 0.1) is 11.3 Å². The van der Waals surface area contributed by atoms with Gasteiger partial charge >= 0.3 is 0 Å². The molecule has 1 aliphatic carbocycles. The molecule has 2 unspecified atom stereocenters. The zero-order valence-electron chi connectivity index (χ0n) is 13.5. The van der Waals surface area contributed by atoms with E-state index in [2.05, 4.69) is 67.5 Å². The molecule has 1 N–H and O–H groups in total. The highest BCUT2D eigenvalue weighted by molar-refractivity contribution is 5.16. The monoisotopic (exact) mass is 285 g/mol. The maximum atomic E-state index is 9.54. The van der Waals surface area contributed by atoms with Crippen molar-refractivity contribution in [3.05, 3.63) is 35.9 Å². The van der Waals surface area contributed by atoms with Gasteiger partial charge in [0.15, 0.2) is 0 Å². The molecular weight excluding hydrogens is 258 g/mol. The van der Waals surface area contributed by atoms with Crippen molar-refractivity contribution in [2.24, 2.45) is 0 Å². The first-order valence-electron chi connectivity index (χ1n) is 7.98. The van der Waals surface area contributed by atoms with Crippen molar-refractivity contribution >= 4 is 0 Å². The van der Waals surface area contributed by atoms with Crippen molar-refractivity contribution in [2.45, 2.75) is 57.2 Å². The van der Waals surface area contributed by atoms with Crippen LogP contribution >= 0.6 is 0 Å². The minimum atomic E-state index is -0.320. The highest BCUT2D eigenvalue weighted by atomic mass is 15.1. The number of hydrogen-bond acceptors (Lipinski definition) is 3. The second-order valence-corrected chi connectivity index (χ2v) is 6.61. The number of nitrogens with one attached hydrogen (secondary N) is 1. The van der Waals surface area contributed by atoms with Crippen LogP contribution in [0.5, 0.6) is 0 Å². The molecular formula is C18H27N3. The van der Waals surface area contributed by atoms with Crippen LogP contribution in [0.15, 0.2) is 30.3 Å². The van der Waals surface area contributed by atoms with Crippen LogP contribution in [0.1, 0.15) is 38.7 Å². The number of rotatable bonds is 6. The minimum absolute atomic E-state index is 0.320. The Morgan fingerprint density at radius 2 is 2.10 bits per heavy atom. The Hall–Kier alpha value is -1.37. The fourth-order valence-electron chi connectivity index (χ4n) is 3.35. The van der Waals surface area contributed by atoms with Crippen LogP contribution in [0.4, 0.5) is 0 Å².